The number of hydrogen-bond acceptors (Lipinski definition) is 7. The lowest BCUT2D eigenvalue weighted by molar-refractivity contribution is 0.0722. The highest BCUT2D eigenvalue weighted by molar-refractivity contribution is 5.88. The molecule has 0 saturated heterocycles. The molecule has 0 atom stereocenters. The molecule has 0 aliphatic heterocycles. The molecule has 0 unspecified atom stereocenters. The number of carbonyl (C=O) groups excluding carboxylic acids is 1. The van der Waals surface area contributed by atoms with Gasteiger partial charge in [0, 0.05) is 28.9 Å². The molecule has 4 rings (SSSR count). The van der Waals surface area contributed by atoms with E-state index in [9.17, 15) is 9.59 Å². The molecule has 0 N–H and O–H groups in total. The van der Waals surface area contributed by atoms with E-state index in [4.69, 9.17) is 9.15 Å². The Bertz CT molecular complexity index is 1240. The molecule has 0 bridgehead atoms. The quantitative estimate of drug-likeness (QED) is 0.311. The Balaban J connectivity index is 1.69. The molecule has 8 nitrogen and oxygen atoms in total. The van der Waals surface area contributed by atoms with Crippen molar-refractivity contribution in [2.75, 3.05) is 0 Å². The zero-order chi connectivity index (χ0) is 18.4. The molecule has 3 aromatic heterocycles. The van der Waals surface area contributed by atoms with Crippen LogP contribution in [-0.2, 0) is 0 Å². The van der Waals surface area contributed by atoms with Gasteiger partial charge in [-0.05, 0) is 44.5 Å². The first-order valence-electron chi connectivity index (χ1n) is 7.88. The molecule has 4 aromatic rings. The third-order valence-corrected chi connectivity index (χ3v) is 3.93. The second kappa shape index (κ2) is 5.76. The van der Waals surface area contributed by atoms with Gasteiger partial charge in [-0.1, -0.05) is 0 Å². The van der Waals surface area contributed by atoms with Crippen molar-refractivity contribution in [1.82, 2.24) is 19.6 Å². The number of fused-ring (bicyclic) bond motifs is 2. The summed E-state index contributed by atoms with van der Waals surface area (Å²) in [5, 5.41) is 4.90. The summed E-state index contributed by atoms with van der Waals surface area (Å²) >= 11 is 0. The summed E-state index contributed by atoms with van der Waals surface area (Å²) in [6.07, 6.45) is 0. The summed E-state index contributed by atoms with van der Waals surface area (Å²) in [5.41, 5.74) is 2.26. The van der Waals surface area contributed by atoms with Gasteiger partial charge in [-0.3, -0.25) is 0 Å². The SMILES string of the molecule is Cc1cc(C)n2nc(C(=O)Oc3ccc4c(C)cc(=O)oc4c3)nc2n1. The minimum atomic E-state index is -0.720. The monoisotopic (exact) mass is 350 g/mol. The molecule has 130 valence electrons. The Morgan fingerprint density at radius 3 is 2.73 bits per heavy atom. The Hall–Kier alpha value is -3.55. The van der Waals surface area contributed by atoms with Crippen LogP contribution in [0.5, 0.6) is 5.75 Å². The van der Waals surface area contributed by atoms with Gasteiger partial charge in [-0.15, -0.1) is 5.10 Å². The summed E-state index contributed by atoms with van der Waals surface area (Å²) in [5.74, 6) is -0.260. The van der Waals surface area contributed by atoms with Crippen LogP contribution in [0.25, 0.3) is 16.7 Å². The summed E-state index contributed by atoms with van der Waals surface area (Å²) in [7, 11) is 0. The Labute approximate surface area is 147 Å². The molecule has 0 saturated carbocycles. The van der Waals surface area contributed by atoms with Crippen LogP contribution in [0.4, 0.5) is 0 Å². The lowest BCUT2D eigenvalue weighted by Crippen LogP contribution is -2.11. The summed E-state index contributed by atoms with van der Waals surface area (Å²) in [6.45, 7) is 5.49. The standard InChI is InChI=1S/C18H14N4O4/c1-9-6-15(23)26-14-8-12(4-5-13(9)14)25-17(24)16-20-18-19-10(2)7-11(3)22(18)21-16/h4-8H,1-3H3. The maximum Gasteiger partial charge on any atom is 0.383 e. The zero-order valence-electron chi connectivity index (χ0n) is 14.3. The van der Waals surface area contributed by atoms with Crippen LogP contribution >= 0.6 is 0 Å². The normalized spacial score (nSPS) is 11.2. The third-order valence-electron chi connectivity index (χ3n) is 3.93. The molecule has 8 heteroatoms. The van der Waals surface area contributed by atoms with Gasteiger partial charge in [0.2, 0.25) is 0 Å². The number of benzene rings is 1. The van der Waals surface area contributed by atoms with Crippen LogP contribution in [0.2, 0.25) is 0 Å². The Kier molecular flexibility index (Phi) is 3.54. The highest BCUT2D eigenvalue weighted by Gasteiger charge is 2.18. The van der Waals surface area contributed by atoms with E-state index in [0.717, 1.165) is 22.3 Å². The lowest BCUT2D eigenvalue weighted by Gasteiger charge is -2.04. The van der Waals surface area contributed by atoms with Crippen molar-refractivity contribution in [2.24, 2.45) is 0 Å². The van der Waals surface area contributed by atoms with Crippen LogP contribution in [-0.4, -0.2) is 25.6 Å². The van der Waals surface area contributed by atoms with Gasteiger partial charge >= 0.3 is 11.6 Å². The van der Waals surface area contributed by atoms with Gasteiger partial charge in [-0.25, -0.2) is 19.1 Å². The first kappa shape index (κ1) is 15.9. The van der Waals surface area contributed by atoms with E-state index >= 15 is 0 Å². The van der Waals surface area contributed by atoms with E-state index < -0.39 is 11.6 Å². The predicted molar refractivity (Wildman–Crippen MR) is 92.4 cm³/mol. The highest BCUT2D eigenvalue weighted by atomic mass is 16.5. The minimum absolute atomic E-state index is 0.100. The van der Waals surface area contributed by atoms with Crippen molar-refractivity contribution in [2.45, 2.75) is 20.8 Å². The average molecular weight is 350 g/mol. The highest BCUT2D eigenvalue weighted by Crippen LogP contribution is 2.22. The molecule has 26 heavy (non-hydrogen) atoms. The number of esters is 1. The van der Waals surface area contributed by atoms with E-state index in [1.54, 1.807) is 12.1 Å². The van der Waals surface area contributed by atoms with Crippen molar-refractivity contribution in [1.29, 1.82) is 0 Å². The number of nitrogens with zero attached hydrogens (tertiary/aromatic N) is 4. The number of carbonyl (C=O) groups is 1. The van der Waals surface area contributed by atoms with Crippen LogP contribution in [0, 0.1) is 20.8 Å². The predicted octanol–water partition coefficient (Wildman–Crippen LogP) is 2.38. The van der Waals surface area contributed by atoms with Gasteiger partial charge in [0.05, 0.1) is 0 Å². The van der Waals surface area contributed by atoms with E-state index in [2.05, 4.69) is 15.1 Å². The molecule has 1 aromatic carbocycles. The fraction of sp³-hybridized carbons (Fsp3) is 0.167. The van der Waals surface area contributed by atoms with Crippen molar-refractivity contribution in [3.63, 3.8) is 0 Å². The molecule has 0 aliphatic carbocycles. The number of ether oxygens (including phenoxy) is 1. The largest absolute Gasteiger partial charge is 0.423 e. The lowest BCUT2D eigenvalue weighted by atomic mass is 10.1. The molecule has 0 amide bonds. The van der Waals surface area contributed by atoms with Crippen LogP contribution in [0.15, 0.2) is 39.5 Å². The molecule has 0 spiro atoms. The fourth-order valence-corrected chi connectivity index (χ4v) is 2.77. The van der Waals surface area contributed by atoms with Gasteiger partial charge in [0.1, 0.15) is 11.3 Å². The second-order valence-corrected chi connectivity index (χ2v) is 5.98. The van der Waals surface area contributed by atoms with Crippen molar-refractivity contribution >= 4 is 22.7 Å². The van der Waals surface area contributed by atoms with Gasteiger partial charge in [-0.2, -0.15) is 4.98 Å². The molecular formula is C18H14N4O4. The van der Waals surface area contributed by atoms with E-state index in [-0.39, 0.29) is 11.6 Å². The van der Waals surface area contributed by atoms with Gasteiger partial charge in [0.25, 0.3) is 11.6 Å². The topological polar surface area (TPSA) is 99.6 Å². The maximum absolute atomic E-state index is 12.4. The fourth-order valence-electron chi connectivity index (χ4n) is 2.77. The summed E-state index contributed by atoms with van der Waals surface area (Å²) in [6, 6.07) is 8.08. The number of aryl methyl sites for hydroxylation is 3. The zero-order valence-corrected chi connectivity index (χ0v) is 14.3. The van der Waals surface area contributed by atoms with Crippen molar-refractivity contribution < 1.29 is 13.9 Å². The van der Waals surface area contributed by atoms with Crippen LogP contribution in [0.1, 0.15) is 27.6 Å². The Morgan fingerprint density at radius 1 is 1.12 bits per heavy atom. The minimum Gasteiger partial charge on any atom is -0.423 e. The first-order valence-corrected chi connectivity index (χ1v) is 7.88. The first-order chi connectivity index (χ1) is 12.4. The van der Waals surface area contributed by atoms with E-state index in [1.165, 1.54) is 16.6 Å². The smallest absolute Gasteiger partial charge is 0.383 e. The summed E-state index contributed by atoms with van der Waals surface area (Å²) in [4.78, 5) is 32.2. The average Bonchev–Trinajstić information content (AvgIpc) is 2.98. The molecular weight excluding hydrogens is 336 g/mol. The Morgan fingerprint density at radius 2 is 1.92 bits per heavy atom. The van der Waals surface area contributed by atoms with Crippen molar-refractivity contribution in [3.05, 3.63) is 63.5 Å². The number of aromatic nitrogens is 4. The third kappa shape index (κ3) is 2.71. The van der Waals surface area contributed by atoms with E-state index in [1.807, 2.05) is 26.8 Å². The molecule has 0 radical (unpaired) electrons. The van der Waals surface area contributed by atoms with Crippen LogP contribution < -0.4 is 10.4 Å². The second-order valence-electron chi connectivity index (χ2n) is 5.98. The maximum atomic E-state index is 12.4. The van der Waals surface area contributed by atoms with Gasteiger partial charge < -0.3 is 9.15 Å². The molecule has 0 fully saturated rings. The van der Waals surface area contributed by atoms with Crippen molar-refractivity contribution in [3.8, 4) is 5.75 Å². The molecule has 3 heterocycles. The van der Waals surface area contributed by atoms with Crippen LogP contribution in [0.3, 0.4) is 0 Å². The summed E-state index contributed by atoms with van der Waals surface area (Å²) < 4.78 is 12.0. The van der Waals surface area contributed by atoms with E-state index in [0.29, 0.717) is 11.4 Å². The number of rotatable bonds is 2. The van der Waals surface area contributed by atoms with Gasteiger partial charge in [0.15, 0.2) is 0 Å². The molecule has 0 aliphatic rings. The number of hydrogen-bond donors (Lipinski definition) is 0.